The number of hydrogen-bond acceptors (Lipinski definition) is 10. The predicted octanol–water partition coefficient (Wildman–Crippen LogP) is 4.74. The van der Waals surface area contributed by atoms with Gasteiger partial charge in [-0.1, -0.05) is 96.7 Å². The molecule has 0 unspecified atom stereocenters. The molecular formula is C33H36Br4IN12NaO2. The summed E-state index contributed by atoms with van der Waals surface area (Å²) >= 11 is 15.6. The third-order valence-electron chi connectivity index (χ3n) is 6.69. The van der Waals surface area contributed by atoms with Crippen molar-refractivity contribution in [3.05, 3.63) is 90.7 Å². The standard InChI is InChI=1S/3C7H6BrN3.C6H4BrN3.C4H8O.CH3I.CH3O.Na/c1-11-7-3-2-5(8)4-6(7)9-10-11;1-11-7-4-5(8)2-3-6(7)9-10-11;1-11-9-6-3-2-5(8)4-7(6)10-11;7-4-1-2-5-6(3-4)9-10-8-5;1-2-4-5-3-1;2*1-2;/h3*2-4H,1H3;1-3H,(H,8,9,10);1-4H2;2*1H3;/q;;;;;;-1;+1. The number of ether oxygens (including phenoxy) is 1. The molecule has 0 bridgehead atoms. The number of benzene rings is 4. The molecule has 0 atom stereocenters. The summed E-state index contributed by atoms with van der Waals surface area (Å²) in [6, 6.07) is 23.4. The minimum absolute atomic E-state index is 0. The Balaban J connectivity index is 0.000000226. The molecule has 14 nitrogen and oxygen atoms in total. The number of aryl methyl sites for hydroxylation is 3. The maximum atomic E-state index is 8.25. The van der Waals surface area contributed by atoms with Crippen LogP contribution in [0.4, 0.5) is 0 Å². The van der Waals surface area contributed by atoms with Crippen LogP contribution >= 0.6 is 86.3 Å². The van der Waals surface area contributed by atoms with Gasteiger partial charge in [-0.05, 0) is 90.6 Å². The van der Waals surface area contributed by atoms with Gasteiger partial charge in [0.05, 0.1) is 11.0 Å². The van der Waals surface area contributed by atoms with Crippen molar-refractivity contribution in [3.63, 3.8) is 0 Å². The fraction of sp³-hybridized carbons (Fsp3) is 0.273. The molecule has 20 heteroatoms. The molecule has 1 N–H and O–H groups in total. The number of nitrogens with one attached hydrogen (secondary N) is 1. The summed E-state index contributed by atoms with van der Waals surface area (Å²) in [6.07, 6.45) is 2.56. The summed E-state index contributed by atoms with van der Waals surface area (Å²) in [5.41, 5.74) is 7.56. The fourth-order valence-electron chi connectivity index (χ4n) is 4.34. The second kappa shape index (κ2) is 25.3. The van der Waals surface area contributed by atoms with Crippen molar-refractivity contribution in [2.75, 3.05) is 25.3 Å². The van der Waals surface area contributed by atoms with E-state index in [0.717, 1.165) is 82.3 Å². The molecular weight excluding hydrogens is 1070 g/mol. The van der Waals surface area contributed by atoms with Crippen molar-refractivity contribution in [2.24, 2.45) is 21.1 Å². The van der Waals surface area contributed by atoms with Crippen molar-refractivity contribution in [1.29, 1.82) is 0 Å². The van der Waals surface area contributed by atoms with Crippen LogP contribution < -0.4 is 34.7 Å². The molecule has 276 valence electrons. The first-order valence-corrected chi connectivity index (χ1v) is 20.7. The summed E-state index contributed by atoms with van der Waals surface area (Å²) in [7, 11) is 6.32. The van der Waals surface area contributed by atoms with E-state index in [1.165, 1.54) is 12.8 Å². The number of halogens is 5. The van der Waals surface area contributed by atoms with Gasteiger partial charge in [-0.2, -0.15) is 37.5 Å². The molecule has 0 aliphatic carbocycles. The van der Waals surface area contributed by atoms with Gasteiger partial charge < -0.3 is 9.84 Å². The second-order valence-electron chi connectivity index (χ2n) is 10.3. The number of nitrogens with zero attached hydrogens (tertiary/aromatic N) is 11. The van der Waals surface area contributed by atoms with E-state index in [1.54, 1.807) is 14.2 Å². The van der Waals surface area contributed by atoms with E-state index in [2.05, 4.69) is 133 Å². The maximum Gasteiger partial charge on any atom is 1.00 e. The Bertz CT molecular complexity index is 2240. The SMILES string of the molecule is Brc1ccc2n[nH]nc2c1.C1CCOC1.CI.C[O-].Cn1nc2ccc(Br)cc2n1.Cn1nnc2cc(Br)ccc21.Cn1nnc2ccc(Br)cc21.[Na+]. The largest absolute Gasteiger partial charge is 1.00 e. The van der Waals surface area contributed by atoms with Gasteiger partial charge in [0, 0.05) is 52.2 Å². The van der Waals surface area contributed by atoms with E-state index >= 15 is 0 Å². The van der Waals surface area contributed by atoms with Gasteiger partial charge >= 0.3 is 29.6 Å². The molecule has 1 fully saturated rings. The quantitative estimate of drug-likeness (QED) is 0.127. The van der Waals surface area contributed by atoms with Crippen molar-refractivity contribution in [3.8, 4) is 0 Å². The molecule has 8 aromatic rings. The van der Waals surface area contributed by atoms with Gasteiger partial charge in [-0.15, -0.1) is 10.2 Å². The predicted molar refractivity (Wildman–Crippen MR) is 226 cm³/mol. The molecule has 1 aliphatic heterocycles. The first-order chi connectivity index (χ1) is 25.2. The maximum absolute atomic E-state index is 8.25. The van der Waals surface area contributed by atoms with Crippen molar-refractivity contribution in [2.45, 2.75) is 12.8 Å². The van der Waals surface area contributed by atoms with Crippen LogP contribution in [0.5, 0.6) is 0 Å². The summed E-state index contributed by atoms with van der Waals surface area (Å²) in [6.45, 7) is 2.00. The van der Waals surface area contributed by atoms with Gasteiger partial charge in [-0.3, -0.25) is 0 Å². The number of alkyl halides is 1. The molecule has 5 heterocycles. The fourth-order valence-corrected chi connectivity index (χ4v) is 5.73. The van der Waals surface area contributed by atoms with E-state index in [-0.39, 0.29) is 29.6 Å². The topological polar surface area (TPSA) is 166 Å². The molecule has 0 saturated carbocycles. The molecule has 53 heavy (non-hydrogen) atoms. The number of fused-ring (bicyclic) bond motifs is 4. The van der Waals surface area contributed by atoms with E-state index in [4.69, 9.17) is 9.84 Å². The van der Waals surface area contributed by atoms with E-state index in [0.29, 0.717) is 0 Å². The van der Waals surface area contributed by atoms with Gasteiger partial charge in [0.1, 0.15) is 33.1 Å². The van der Waals surface area contributed by atoms with Crippen molar-refractivity contribution in [1.82, 2.24) is 60.4 Å². The number of H-pyrrole nitrogens is 1. The third kappa shape index (κ3) is 15.2. The average Bonchev–Trinajstić information content (AvgIpc) is 4.01. The Labute approximate surface area is 376 Å². The second-order valence-corrected chi connectivity index (χ2v) is 14.0. The van der Waals surface area contributed by atoms with Crippen molar-refractivity contribution >= 4 is 130 Å². The Morgan fingerprint density at radius 1 is 0.585 bits per heavy atom. The molecule has 0 spiro atoms. The van der Waals surface area contributed by atoms with Crippen LogP contribution in [0.25, 0.3) is 44.1 Å². The Hall–Kier alpha value is -1.95. The Morgan fingerprint density at radius 3 is 1.64 bits per heavy atom. The Kier molecular flexibility index (Phi) is 22.5. The van der Waals surface area contributed by atoms with Crippen LogP contribution in [-0.4, -0.2) is 85.6 Å². The van der Waals surface area contributed by atoms with Crippen LogP contribution in [0.3, 0.4) is 0 Å². The molecule has 4 aromatic heterocycles. The third-order valence-corrected chi connectivity index (χ3v) is 8.67. The summed E-state index contributed by atoms with van der Waals surface area (Å²) < 4.78 is 12.6. The van der Waals surface area contributed by atoms with Gasteiger partial charge in [0.15, 0.2) is 0 Å². The summed E-state index contributed by atoms with van der Waals surface area (Å²) in [5.74, 6) is 0. The molecule has 1 saturated heterocycles. The monoisotopic (exact) mass is 1100 g/mol. The van der Waals surface area contributed by atoms with Gasteiger partial charge in [-0.25, -0.2) is 9.36 Å². The smallest absolute Gasteiger partial charge is 0.857 e. The minimum Gasteiger partial charge on any atom is -0.857 e. The first kappa shape index (κ1) is 47.2. The van der Waals surface area contributed by atoms with Crippen LogP contribution in [0.2, 0.25) is 0 Å². The van der Waals surface area contributed by atoms with E-state index < -0.39 is 0 Å². The molecule has 4 aromatic carbocycles. The zero-order valence-electron chi connectivity index (χ0n) is 29.9. The first-order valence-electron chi connectivity index (χ1n) is 15.3. The minimum atomic E-state index is 0. The zero-order valence-corrected chi connectivity index (χ0v) is 40.4. The van der Waals surface area contributed by atoms with Crippen LogP contribution in [-0.2, 0) is 25.9 Å². The Morgan fingerprint density at radius 2 is 1.04 bits per heavy atom. The van der Waals surface area contributed by atoms with Crippen molar-refractivity contribution < 1.29 is 39.4 Å². The molecule has 9 rings (SSSR count). The van der Waals surface area contributed by atoms with E-state index in [1.807, 2.05) is 98.9 Å². The number of hydrogen-bond donors (Lipinski definition) is 1. The molecule has 0 amide bonds. The van der Waals surface area contributed by atoms with Crippen LogP contribution in [0.1, 0.15) is 12.8 Å². The molecule has 1 aliphatic rings. The molecule has 0 radical (unpaired) electrons. The van der Waals surface area contributed by atoms with Gasteiger partial charge in [0.2, 0.25) is 0 Å². The summed E-state index contributed by atoms with van der Waals surface area (Å²) in [4.78, 5) is 3.54. The zero-order chi connectivity index (χ0) is 38.0. The van der Waals surface area contributed by atoms with Gasteiger partial charge in [0.25, 0.3) is 0 Å². The van der Waals surface area contributed by atoms with E-state index in [9.17, 15) is 0 Å². The number of aromatic nitrogens is 12. The number of aromatic amines is 1. The summed E-state index contributed by atoms with van der Waals surface area (Å²) in [5, 5.41) is 42.6. The normalized spacial score (nSPS) is 11.2. The van der Waals surface area contributed by atoms with Crippen LogP contribution in [0, 0.1) is 0 Å². The number of rotatable bonds is 0. The average molecular weight is 1100 g/mol. The van der Waals surface area contributed by atoms with Crippen LogP contribution in [0.15, 0.2) is 90.7 Å².